The molecule has 0 aliphatic rings. The molecular formula is C15H24FNO. The highest BCUT2D eigenvalue weighted by Crippen LogP contribution is 2.23. The quantitative estimate of drug-likeness (QED) is 0.866. The van der Waals surface area contributed by atoms with Crippen molar-refractivity contribution in [2.24, 2.45) is 5.41 Å². The minimum absolute atomic E-state index is 0.108. The highest BCUT2D eigenvalue weighted by molar-refractivity contribution is 5.32. The van der Waals surface area contributed by atoms with Crippen molar-refractivity contribution in [1.29, 1.82) is 0 Å². The number of aryl methyl sites for hydroxylation is 1. The Balaban J connectivity index is 2.70. The first-order valence-corrected chi connectivity index (χ1v) is 6.47. The SMILES string of the molecule is CCNC(COc1cc(F)ccc1C)C(C)(C)C. The Morgan fingerprint density at radius 1 is 1.33 bits per heavy atom. The van der Waals surface area contributed by atoms with E-state index in [1.54, 1.807) is 6.07 Å². The zero-order valence-electron chi connectivity index (χ0n) is 12.0. The minimum Gasteiger partial charge on any atom is -0.492 e. The first-order chi connectivity index (χ1) is 8.34. The van der Waals surface area contributed by atoms with Gasteiger partial charge in [-0.25, -0.2) is 4.39 Å². The van der Waals surface area contributed by atoms with Crippen molar-refractivity contribution in [3.63, 3.8) is 0 Å². The molecule has 0 heterocycles. The molecule has 0 aliphatic heterocycles. The standard InChI is InChI=1S/C15H24FNO/c1-6-17-14(15(3,4)5)10-18-13-9-12(16)8-7-11(13)2/h7-9,14,17H,6,10H2,1-5H3. The van der Waals surface area contributed by atoms with Crippen molar-refractivity contribution in [2.75, 3.05) is 13.2 Å². The number of nitrogens with one attached hydrogen (secondary N) is 1. The van der Waals surface area contributed by atoms with Crippen molar-refractivity contribution in [3.05, 3.63) is 29.6 Å². The lowest BCUT2D eigenvalue weighted by Crippen LogP contribution is -2.44. The molecule has 0 saturated carbocycles. The van der Waals surface area contributed by atoms with E-state index in [2.05, 4.69) is 33.0 Å². The second-order valence-electron chi connectivity index (χ2n) is 5.70. The van der Waals surface area contributed by atoms with Crippen LogP contribution in [0.25, 0.3) is 0 Å². The molecule has 1 atom stereocenters. The van der Waals surface area contributed by atoms with Gasteiger partial charge in [-0.3, -0.25) is 0 Å². The lowest BCUT2D eigenvalue weighted by molar-refractivity contribution is 0.175. The van der Waals surface area contributed by atoms with Crippen LogP contribution in [0.2, 0.25) is 0 Å². The summed E-state index contributed by atoms with van der Waals surface area (Å²) < 4.78 is 18.9. The molecule has 0 amide bonds. The third-order valence-corrected chi connectivity index (χ3v) is 3.05. The van der Waals surface area contributed by atoms with E-state index in [-0.39, 0.29) is 17.3 Å². The Labute approximate surface area is 110 Å². The molecule has 1 unspecified atom stereocenters. The maximum absolute atomic E-state index is 13.2. The molecular weight excluding hydrogens is 229 g/mol. The van der Waals surface area contributed by atoms with Crippen LogP contribution in [0.15, 0.2) is 18.2 Å². The number of hydrogen-bond acceptors (Lipinski definition) is 2. The molecule has 1 rings (SSSR count). The van der Waals surface area contributed by atoms with Crippen molar-refractivity contribution < 1.29 is 9.13 Å². The fraction of sp³-hybridized carbons (Fsp3) is 0.600. The summed E-state index contributed by atoms with van der Waals surface area (Å²) in [5.74, 6) is 0.369. The third kappa shape index (κ3) is 4.30. The third-order valence-electron chi connectivity index (χ3n) is 3.05. The Hall–Kier alpha value is -1.09. The van der Waals surface area contributed by atoms with Gasteiger partial charge in [0.1, 0.15) is 18.2 Å². The van der Waals surface area contributed by atoms with Crippen LogP contribution < -0.4 is 10.1 Å². The lowest BCUT2D eigenvalue weighted by atomic mass is 9.87. The molecule has 0 aromatic heterocycles. The van der Waals surface area contributed by atoms with Gasteiger partial charge in [-0.05, 0) is 30.5 Å². The van der Waals surface area contributed by atoms with Crippen LogP contribution >= 0.6 is 0 Å². The van der Waals surface area contributed by atoms with Crippen molar-refractivity contribution in [2.45, 2.75) is 40.7 Å². The molecule has 0 spiro atoms. The average Bonchev–Trinajstić information content (AvgIpc) is 2.27. The van der Waals surface area contributed by atoms with E-state index in [1.165, 1.54) is 12.1 Å². The van der Waals surface area contributed by atoms with Crippen LogP contribution in [-0.4, -0.2) is 19.2 Å². The monoisotopic (exact) mass is 253 g/mol. The lowest BCUT2D eigenvalue weighted by Gasteiger charge is -2.31. The largest absolute Gasteiger partial charge is 0.492 e. The number of hydrogen-bond donors (Lipinski definition) is 1. The van der Waals surface area contributed by atoms with Gasteiger partial charge in [0.15, 0.2) is 0 Å². The van der Waals surface area contributed by atoms with Gasteiger partial charge in [-0.2, -0.15) is 0 Å². The van der Waals surface area contributed by atoms with E-state index in [4.69, 9.17) is 4.74 Å². The van der Waals surface area contributed by atoms with Crippen LogP contribution in [-0.2, 0) is 0 Å². The van der Waals surface area contributed by atoms with E-state index >= 15 is 0 Å². The van der Waals surface area contributed by atoms with E-state index in [0.29, 0.717) is 12.4 Å². The first-order valence-electron chi connectivity index (χ1n) is 6.47. The molecule has 102 valence electrons. The van der Waals surface area contributed by atoms with Gasteiger partial charge in [0.2, 0.25) is 0 Å². The molecule has 0 saturated heterocycles. The van der Waals surface area contributed by atoms with Crippen molar-refractivity contribution >= 4 is 0 Å². The van der Waals surface area contributed by atoms with Crippen molar-refractivity contribution in [1.82, 2.24) is 5.32 Å². The molecule has 0 bridgehead atoms. The average molecular weight is 253 g/mol. The Morgan fingerprint density at radius 2 is 2.00 bits per heavy atom. The summed E-state index contributed by atoms with van der Waals surface area (Å²) in [4.78, 5) is 0. The zero-order valence-corrected chi connectivity index (χ0v) is 12.0. The summed E-state index contributed by atoms with van der Waals surface area (Å²) in [6.45, 7) is 11.9. The maximum atomic E-state index is 13.2. The van der Waals surface area contributed by atoms with Gasteiger partial charge in [0.25, 0.3) is 0 Å². The number of ether oxygens (including phenoxy) is 1. The van der Waals surface area contributed by atoms with Gasteiger partial charge in [0.05, 0.1) is 0 Å². The first kappa shape index (κ1) is 15.0. The van der Waals surface area contributed by atoms with Crippen LogP contribution in [0.1, 0.15) is 33.3 Å². The normalized spacial score (nSPS) is 13.4. The topological polar surface area (TPSA) is 21.3 Å². The Bertz CT molecular complexity index is 385. The molecule has 2 nitrogen and oxygen atoms in total. The molecule has 0 aliphatic carbocycles. The van der Waals surface area contributed by atoms with E-state index in [0.717, 1.165) is 12.1 Å². The number of rotatable bonds is 5. The highest BCUT2D eigenvalue weighted by Gasteiger charge is 2.24. The Kier molecular flexibility index (Phi) is 5.15. The number of halogens is 1. The van der Waals surface area contributed by atoms with Gasteiger partial charge in [0, 0.05) is 12.1 Å². The summed E-state index contributed by atoms with van der Waals surface area (Å²) in [6, 6.07) is 4.88. The van der Waals surface area contributed by atoms with Crippen LogP contribution in [0, 0.1) is 18.2 Å². The second kappa shape index (κ2) is 6.19. The van der Waals surface area contributed by atoms with Crippen LogP contribution in [0.3, 0.4) is 0 Å². The summed E-state index contributed by atoms with van der Waals surface area (Å²) in [5, 5.41) is 3.41. The van der Waals surface area contributed by atoms with Crippen LogP contribution in [0.5, 0.6) is 5.75 Å². The second-order valence-corrected chi connectivity index (χ2v) is 5.70. The highest BCUT2D eigenvalue weighted by atomic mass is 19.1. The number of likely N-dealkylation sites (N-methyl/N-ethyl adjacent to an activating group) is 1. The van der Waals surface area contributed by atoms with E-state index in [1.807, 2.05) is 6.92 Å². The summed E-state index contributed by atoms with van der Waals surface area (Å²) in [5.41, 5.74) is 1.07. The molecule has 0 fully saturated rings. The van der Waals surface area contributed by atoms with Crippen molar-refractivity contribution in [3.8, 4) is 5.75 Å². The number of benzene rings is 1. The zero-order chi connectivity index (χ0) is 13.8. The summed E-state index contributed by atoms with van der Waals surface area (Å²) in [6.07, 6.45) is 0. The predicted molar refractivity (Wildman–Crippen MR) is 73.6 cm³/mol. The smallest absolute Gasteiger partial charge is 0.126 e. The minimum atomic E-state index is -0.258. The molecule has 3 heteroatoms. The Morgan fingerprint density at radius 3 is 2.56 bits per heavy atom. The van der Waals surface area contributed by atoms with E-state index in [9.17, 15) is 4.39 Å². The van der Waals surface area contributed by atoms with Gasteiger partial charge >= 0.3 is 0 Å². The molecule has 18 heavy (non-hydrogen) atoms. The van der Waals surface area contributed by atoms with Crippen LogP contribution in [0.4, 0.5) is 4.39 Å². The van der Waals surface area contributed by atoms with E-state index < -0.39 is 0 Å². The summed E-state index contributed by atoms with van der Waals surface area (Å²) in [7, 11) is 0. The maximum Gasteiger partial charge on any atom is 0.126 e. The fourth-order valence-corrected chi connectivity index (χ4v) is 1.76. The van der Waals surface area contributed by atoms with Gasteiger partial charge in [-0.15, -0.1) is 0 Å². The molecule has 1 aromatic rings. The van der Waals surface area contributed by atoms with Gasteiger partial charge in [-0.1, -0.05) is 33.8 Å². The molecule has 0 radical (unpaired) electrons. The molecule has 1 aromatic carbocycles. The summed E-state index contributed by atoms with van der Waals surface area (Å²) >= 11 is 0. The molecule has 1 N–H and O–H groups in total. The predicted octanol–water partition coefficient (Wildman–Crippen LogP) is 3.54. The fourth-order valence-electron chi connectivity index (χ4n) is 1.76. The van der Waals surface area contributed by atoms with Gasteiger partial charge < -0.3 is 10.1 Å².